The van der Waals surface area contributed by atoms with Gasteiger partial charge in [-0.15, -0.1) is 0 Å². The van der Waals surface area contributed by atoms with Gasteiger partial charge in [-0.1, -0.05) is 42.5 Å². The standard InChI is InChI=1S/C31H25N3O3/c1-37-25-13-14-26-23(18-25)10-15-27-30(26)34-29(21-8-11-24(35)12-9-21)31(32-27)33-28(36)17-19-6-7-20-4-2-3-5-22(20)16-19/h2-9,11-14,16,18,35H,10,15,17H2,1H3,(H,32,33,36). The van der Waals surface area contributed by atoms with Crippen molar-refractivity contribution in [3.63, 3.8) is 0 Å². The molecule has 1 aliphatic rings. The summed E-state index contributed by atoms with van der Waals surface area (Å²) in [6.07, 6.45) is 1.75. The number of aromatic nitrogens is 2. The topological polar surface area (TPSA) is 84.3 Å². The first-order valence-electron chi connectivity index (χ1n) is 12.2. The van der Waals surface area contributed by atoms with Crippen LogP contribution in [-0.4, -0.2) is 28.1 Å². The molecule has 0 saturated carbocycles. The van der Waals surface area contributed by atoms with Gasteiger partial charge in [-0.05, 0) is 77.2 Å². The molecule has 0 saturated heterocycles. The van der Waals surface area contributed by atoms with Gasteiger partial charge in [0.1, 0.15) is 17.2 Å². The van der Waals surface area contributed by atoms with E-state index in [-0.39, 0.29) is 18.1 Å². The van der Waals surface area contributed by atoms with E-state index in [4.69, 9.17) is 14.7 Å². The second kappa shape index (κ2) is 9.39. The fourth-order valence-electron chi connectivity index (χ4n) is 4.87. The van der Waals surface area contributed by atoms with E-state index in [1.807, 2.05) is 54.6 Å². The molecule has 37 heavy (non-hydrogen) atoms. The molecule has 1 aliphatic carbocycles. The average molecular weight is 488 g/mol. The maximum atomic E-state index is 13.2. The Labute approximate surface area is 214 Å². The molecule has 0 unspecified atom stereocenters. The monoisotopic (exact) mass is 487 g/mol. The second-order valence-electron chi connectivity index (χ2n) is 9.19. The number of carbonyl (C=O) groups is 1. The van der Waals surface area contributed by atoms with E-state index in [0.717, 1.165) is 56.6 Å². The molecule has 1 amide bonds. The highest BCUT2D eigenvalue weighted by molar-refractivity contribution is 5.96. The summed E-state index contributed by atoms with van der Waals surface area (Å²) in [5.74, 6) is 1.23. The van der Waals surface area contributed by atoms with Crippen molar-refractivity contribution < 1.29 is 14.6 Å². The summed E-state index contributed by atoms with van der Waals surface area (Å²) in [6.45, 7) is 0. The highest BCUT2D eigenvalue weighted by atomic mass is 16.5. The number of ether oxygens (including phenoxy) is 1. The Morgan fingerprint density at radius 3 is 2.51 bits per heavy atom. The Morgan fingerprint density at radius 2 is 1.70 bits per heavy atom. The molecule has 0 atom stereocenters. The fraction of sp³-hybridized carbons (Fsp3) is 0.129. The van der Waals surface area contributed by atoms with Crippen LogP contribution in [0.15, 0.2) is 84.9 Å². The number of nitrogens with one attached hydrogen (secondary N) is 1. The molecule has 4 aromatic carbocycles. The van der Waals surface area contributed by atoms with E-state index in [1.54, 1.807) is 31.4 Å². The van der Waals surface area contributed by atoms with Crippen LogP contribution in [0.5, 0.6) is 11.5 Å². The van der Waals surface area contributed by atoms with Crippen LogP contribution in [-0.2, 0) is 24.1 Å². The van der Waals surface area contributed by atoms with Crippen molar-refractivity contribution in [1.82, 2.24) is 9.97 Å². The quantitative estimate of drug-likeness (QED) is 0.320. The Morgan fingerprint density at radius 1 is 0.892 bits per heavy atom. The Balaban J connectivity index is 1.37. The first-order valence-corrected chi connectivity index (χ1v) is 12.2. The molecule has 0 aliphatic heterocycles. The lowest BCUT2D eigenvalue weighted by atomic mass is 9.91. The summed E-state index contributed by atoms with van der Waals surface area (Å²) < 4.78 is 5.40. The van der Waals surface area contributed by atoms with Crippen molar-refractivity contribution in [2.75, 3.05) is 12.4 Å². The molecular weight excluding hydrogens is 462 g/mol. The molecule has 6 heteroatoms. The summed E-state index contributed by atoms with van der Waals surface area (Å²) in [6, 6.07) is 26.9. The number of anilines is 1. The number of carbonyl (C=O) groups excluding carboxylic acids is 1. The molecule has 6 rings (SSSR count). The molecule has 0 bridgehead atoms. The molecule has 1 aromatic heterocycles. The number of phenols is 1. The largest absolute Gasteiger partial charge is 0.508 e. The highest BCUT2D eigenvalue weighted by Crippen LogP contribution is 2.37. The Bertz CT molecular complexity index is 1640. The summed E-state index contributed by atoms with van der Waals surface area (Å²) in [5.41, 5.74) is 6.08. The van der Waals surface area contributed by atoms with Gasteiger partial charge < -0.3 is 15.2 Å². The Kier molecular flexibility index (Phi) is 5.77. The van der Waals surface area contributed by atoms with Crippen LogP contribution in [0.4, 0.5) is 5.82 Å². The third kappa shape index (κ3) is 4.49. The van der Waals surface area contributed by atoms with Gasteiger partial charge in [0.05, 0.1) is 24.9 Å². The zero-order valence-corrected chi connectivity index (χ0v) is 20.4. The van der Waals surface area contributed by atoms with Crippen molar-refractivity contribution in [1.29, 1.82) is 0 Å². The van der Waals surface area contributed by atoms with Crippen LogP contribution < -0.4 is 10.1 Å². The van der Waals surface area contributed by atoms with E-state index in [0.29, 0.717) is 17.9 Å². The molecule has 6 nitrogen and oxygen atoms in total. The van der Waals surface area contributed by atoms with Gasteiger partial charge in [0.15, 0.2) is 5.82 Å². The lowest BCUT2D eigenvalue weighted by Crippen LogP contribution is -2.19. The molecule has 1 heterocycles. The van der Waals surface area contributed by atoms with Gasteiger partial charge in [0.2, 0.25) is 5.91 Å². The van der Waals surface area contributed by atoms with E-state index < -0.39 is 0 Å². The van der Waals surface area contributed by atoms with Crippen molar-refractivity contribution >= 4 is 22.5 Å². The molecule has 0 radical (unpaired) electrons. The average Bonchev–Trinajstić information content (AvgIpc) is 2.92. The van der Waals surface area contributed by atoms with E-state index in [1.165, 1.54) is 0 Å². The van der Waals surface area contributed by atoms with Crippen LogP contribution in [0.3, 0.4) is 0 Å². The lowest BCUT2D eigenvalue weighted by Gasteiger charge is -2.21. The maximum Gasteiger partial charge on any atom is 0.230 e. The maximum absolute atomic E-state index is 13.2. The number of aryl methyl sites for hydroxylation is 2. The van der Waals surface area contributed by atoms with Gasteiger partial charge in [-0.25, -0.2) is 9.97 Å². The normalized spacial score (nSPS) is 12.0. The number of rotatable bonds is 5. The number of benzene rings is 4. The smallest absolute Gasteiger partial charge is 0.230 e. The van der Waals surface area contributed by atoms with Gasteiger partial charge in [-0.2, -0.15) is 0 Å². The predicted molar refractivity (Wildman–Crippen MR) is 145 cm³/mol. The SMILES string of the molecule is COc1ccc2c(c1)CCc1nc(NC(=O)Cc3ccc4ccccc4c3)c(-c3ccc(O)cc3)nc1-2. The number of hydrogen-bond donors (Lipinski definition) is 2. The zero-order chi connectivity index (χ0) is 25.4. The molecular formula is C31H25N3O3. The van der Waals surface area contributed by atoms with Gasteiger partial charge >= 0.3 is 0 Å². The van der Waals surface area contributed by atoms with Crippen molar-refractivity contribution in [2.45, 2.75) is 19.3 Å². The molecule has 0 fully saturated rings. The van der Waals surface area contributed by atoms with E-state index >= 15 is 0 Å². The number of phenolic OH excluding ortho intramolecular Hbond substituents is 1. The molecule has 2 N–H and O–H groups in total. The first kappa shape index (κ1) is 22.7. The van der Waals surface area contributed by atoms with Crippen molar-refractivity contribution in [3.8, 4) is 34.0 Å². The predicted octanol–water partition coefficient (Wildman–Crippen LogP) is 5.96. The number of hydrogen-bond acceptors (Lipinski definition) is 5. The minimum absolute atomic E-state index is 0.161. The van der Waals surface area contributed by atoms with Crippen LogP contribution in [0.1, 0.15) is 16.8 Å². The third-order valence-electron chi connectivity index (χ3n) is 6.74. The van der Waals surface area contributed by atoms with Gasteiger partial charge in [0.25, 0.3) is 0 Å². The van der Waals surface area contributed by atoms with Crippen LogP contribution in [0.25, 0.3) is 33.3 Å². The summed E-state index contributed by atoms with van der Waals surface area (Å²) in [5, 5.41) is 15.1. The number of fused-ring (bicyclic) bond motifs is 4. The van der Waals surface area contributed by atoms with Gasteiger partial charge in [-0.3, -0.25) is 4.79 Å². The number of aromatic hydroxyl groups is 1. The minimum atomic E-state index is -0.162. The fourth-order valence-corrected chi connectivity index (χ4v) is 4.87. The molecule has 182 valence electrons. The lowest BCUT2D eigenvalue weighted by molar-refractivity contribution is -0.115. The zero-order valence-electron chi connectivity index (χ0n) is 20.4. The van der Waals surface area contributed by atoms with Crippen LogP contribution in [0, 0.1) is 0 Å². The number of nitrogens with zero attached hydrogens (tertiary/aromatic N) is 2. The van der Waals surface area contributed by atoms with Gasteiger partial charge in [0, 0.05) is 11.1 Å². The second-order valence-corrected chi connectivity index (χ2v) is 9.19. The Hall–Kier alpha value is -4.71. The third-order valence-corrected chi connectivity index (χ3v) is 6.74. The van der Waals surface area contributed by atoms with Crippen molar-refractivity contribution in [3.05, 3.63) is 102 Å². The minimum Gasteiger partial charge on any atom is -0.508 e. The first-order chi connectivity index (χ1) is 18.1. The van der Waals surface area contributed by atoms with Crippen LogP contribution >= 0.6 is 0 Å². The highest BCUT2D eigenvalue weighted by Gasteiger charge is 2.23. The summed E-state index contributed by atoms with van der Waals surface area (Å²) >= 11 is 0. The number of amides is 1. The van der Waals surface area contributed by atoms with Crippen molar-refractivity contribution in [2.24, 2.45) is 0 Å². The van der Waals surface area contributed by atoms with E-state index in [2.05, 4.69) is 11.4 Å². The summed E-state index contributed by atoms with van der Waals surface area (Å²) in [4.78, 5) is 23.1. The number of methoxy groups -OCH3 is 1. The summed E-state index contributed by atoms with van der Waals surface area (Å²) in [7, 11) is 1.66. The molecule has 0 spiro atoms. The van der Waals surface area contributed by atoms with E-state index in [9.17, 15) is 9.90 Å². The van der Waals surface area contributed by atoms with Crippen LogP contribution in [0.2, 0.25) is 0 Å². The molecule has 5 aromatic rings.